The largest absolute Gasteiger partial charge is 0.353 e. The average molecular weight is 358 g/mol. The van der Waals surface area contributed by atoms with Gasteiger partial charge in [0.05, 0.1) is 28.3 Å². The number of rotatable bonds is 2. The molecular formula is C22H22N4O. The summed E-state index contributed by atoms with van der Waals surface area (Å²) in [5, 5.41) is 9.07. The van der Waals surface area contributed by atoms with E-state index in [0.717, 1.165) is 49.1 Å². The number of nitrogens with zero attached hydrogens (tertiary/aromatic N) is 3. The molecule has 0 amide bonds. The van der Waals surface area contributed by atoms with E-state index in [1.807, 2.05) is 24.3 Å². The number of nitrogens with one attached hydrogen (secondary N) is 1. The van der Waals surface area contributed by atoms with E-state index in [1.165, 1.54) is 5.69 Å². The number of anilines is 1. The topological polar surface area (TPSA) is 64.9 Å². The van der Waals surface area contributed by atoms with Crippen molar-refractivity contribution in [2.45, 2.75) is 37.2 Å². The third-order valence-corrected chi connectivity index (χ3v) is 6.04. The molecule has 1 spiro atoms. The Kier molecular flexibility index (Phi) is 3.87. The number of fused-ring (bicyclic) bond motifs is 1. The molecule has 0 radical (unpaired) electrons. The molecule has 1 aliphatic heterocycles. The zero-order valence-electron chi connectivity index (χ0n) is 15.2. The molecular weight excluding hydrogens is 336 g/mol. The third-order valence-electron chi connectivity index (χ3n) is 6.04. The zero-order valence-corrected chi connectivity index (χ0v) is 15.2. The van der Waals surface area contributed by atoms with Gasteiger partial charge in [-0.1, -0.05) is 18.2 Å². The lowest BCUT2D eigenvalue weighted by molar-refractivity contribution is -0.0208. The van der Waals surface area contributed by atoms with Crippen molar-refractivity contribution in [2.75, 3.05) is 18.2 Å². The van der Waals surface area contributed by atoms with Gasteiger partial charge in [0.1, 0.15) is 12.6 Å². The maximum atomic E-state index is 9.07. The molecule has 0 unspecified atom stereocenters. The van der Waals surface area contributed by atoms with Crippen LogP contribution in [-0.4, -0.2) is 28.8 Å². The zero-order chi connectivity index (χ0) is 18.3. The number of imidazole rings is 1. The first-order valence-corrected chi connectivity index (χ1v) is 9.58. The van der Waals surface area contributed by atoms with Gasteiger partial charge in [0.15, 0.2) is 0 Å². The molecule has 1 aliphatic carbocycles. The fraction of sp³-hybridized carbons (Fsp3) is 0.364. The smallest absolute Gasteiger partial charge is 0.119 e. The molecule has 136 valence electrons. The summed E-state index contributed by atoms with van der Waals surface area (Å²) in [6.07, 6.45) is 4.27. The van der Waals surface area contributed by atoms with Gasteiger partial charge in [-0.25, -0.2) is 4.98 Å². The SMILES string of the molecule is N#Cc1ccc2nc(C3CCC4(CC3)CN(c3ccccc3)CO4)[nH]c2c1. The van der Waals surface area contributed by atoms with Gasteiger partial charge in [0.25, 0.3) is 0 Å². The van der Waals surface area contributed by atoms with Crippen LogP contribution in [0.4, 0.5) is 5.69 Å². The molecule has 2 fully saturated rings. The Bertz CT molecular complexity index is 996. The molecule has 1 aromatic heterocycles. The molecule has 3 aromatic rings. The van der Waals surface area contributed by atoms with Crippen molar-refractivity contribution >= 4 is 16.7 Å². The Labute approximate surface area is 158 Å². The second-order valence-corrected chi connectivity index (χ2v) is 7.73. The summed E-state index contributed by atoms with van der Waals surface area (Å²) < 4.78 is 6.28. The first kappa shape index (κ1) is 16.3. The highest BCUT2D eigenvalue weighted by Crippen LogP contribution is 2.43. The summed E-state index contributed by atoms with van der Waals surface area (Å²) in [5.74, 6) is 1.48. The Morgan fingerprint density at radius 2 is 1.96 bits per heavy atom. The Hall–Kier alpha value is -2.84. The van der Waals surface area contributed by atoms with E-state index in [-0.39, 0.29) is 5.60 Å². The van der Waals surface area contributed by atoms with Crippen LogP contribution in [0.5, 0.6) is 0 Å². The van der Waals surface area contributed by atoms with Gasteiger partial charge >= 0.3 is 0 Å². The summed E-state index contributed by atoms with van der Waals surface area (Å²) in [7, 11) is 0. The van der Waals surface area contributed by atoms with E-state index >= 15 is 0 Å². The molecule has 0 atom stereocenters. The summed E-state index contributed by atoms with van der Waals surface area (Å²) in [4.78, 5) is 10.6. The van der Waals surface area contributed by atoms with Gasteiger partial charge in [0.2, 0.25) is 0 Å². The molecule has 2 aromatic carbocycles. The summed E-state index contributed by atoms with van der Waals surface area (Å²) in [6, 6.07) is 18.3. The number of hydrogen-bond acceptors (Lipinski definition) is 4. The quantitative estimate of drug-likeness (QED) is 0.741. The Morgan fingerprint density at radius 1 is 1.15 bits per heavy atom. The fourth-order valence-corrected chi connectivity index (χ4v) is 4.47. The molecule has 1 saturated heterocycles. The van der Waals surface area contributed by atoms with Crippen molar-refractivity contribution in [1.29, 1.82) is 5.26 Å². The van der Waals surface area contributed by atoms with E-state index in [9.17, 15) is 0 Å². The van der Waals surface area contributed by atoms with Crippen molar-refractivity contribution in [3.63, 3.8) is 0 Å². The molecule has 2 aliphatic rings. The number of H-pyrrole nitrogens is 1. The van der Waals surface area contributed by atoms with Crippen LogP contribution < -0.4 is 4.90 Å². The molecule has 5 heteroatoms. The van der Waals surface area contributed by atoms with Crippen molar-refractivity contribution in [3.05, 3.63) is 59.9 Å². The summed E-state index contributed by atoms with van der Waals surface area (Å²) >= 11 is 0. The van der Waals surface area contributed by atoms with Gasteiger partial charge in [0, 0.05) is 18.2 Å². The van der Waals surface area contributed by atoms with Crippen LogP contribution in [0.25, 0.3) is 11.0 Å². The van der Waals surface area contributed by atoms with Crippen molar-refractivity contribution in [2.24, 2.45) is 0 Å². The molecule has 5 rings (SSSR count). The molecule has 1 saturated carbocycles. The minimum atomic E-state index is -0.0215. The van der Waals surface area contributed by atoms with Crippen molar-refractivity contribution in [3.8, 4) is 6.07 Å². The van der Waals surface area contributed by atoms with Gasteiger partial charge in [-0.3, -0.25) is 0 Å². The molecule has 1 N–H and O–H groups in total. The number of ether oxygens (including phenoxy) is 1. The lowest BCUT2D eigenvalue weighted by Gasteiger charge is -2.35. The van der Waals surface area contributed by atoms with E-state index in [1.54, 1.807) is 0 Å². The van der Waals surface area contributed by atoms with Gasteiger partial charge in [-0.15, -0.1) is 0 Å². The van der Waals surface area contributed by atoms with Crippen LogP contribution in [-0.2, 0) is 4.74 Å². The maximum Gasteiger partial charge on any atom is 0.119 e. The summed E-state index contributed by atoms with van der Waals surface area (Å²) in [6.45, 7) is 1.64. The normalized spacial score (nSPS) is 25.1. The van der Waals surface area contributed by atoms with Crippen molar-refractivity contribution < 1.29 is 4.74 Å². The highest BCUT2D eigenvalue weighted by atomic mass is 16.5. The van der Waals surface area contributed by atoms with Crippen LogP contribution in [0.1, 0.15) is 43.0 Å². The van der Waals surface area contributed by atoms with Gasteiger partial charge in [-0.2, -0.15) is 5.26 Å². The highest BCUT2D eigenvalue weighted by molar-refractivity contribution is 5.76. The predicted octanol–water partition coefficient (Wildman–Crippen LogP) is 4.33. The van der Waals surface area contributed by atoms with Crippen LogP contribution >= 0.6 is 0 Å². The average Bonchev–Trinajstić information content (AvgIpc) is 3.33. The van der Waals surface area contributed by atoms with Gasteiger partial charge < -0.3 is 14.6 Å². The molecule has 27 heavy (non-hydrogen) atoms. The lowest BCUT2D eigenvalue weighted by Crippen LogP contribution is -2.38. The summed E-state index contributed by atoms with van der Waals surface area (Å²) in [5.41, 5.74) is 3.78. The molecule has 2 heterocycles. The second kappa shape index (κ2) is 6.40. The van der Waals surface area contributed by atoms with E-state index in [0.29, 0.717) is 18.2 Å². The van der Waals surface area contributed by atoms with E-state index in [4.69, 9.17) is 15.0 Å². The fourth-order valence-electron chi connectivity index (χ4n) is 4.47. The molecule has 5 nitrogen and oxygen atoms in total. The van der Waals surface area contributed by atoms with Crippen LogP contribution in [0.15, 0.2) is 48.5 Å². The van der Waals surface area contributed by atoms with Crippen molar-refractivity contribution in [1.82, 2.24) is 9.97 Å². The monoisotopic (exact) mass is 358 g/mol. The third kappa shape index (κ3) is 2.96. The Balaban J connectivity index is 1.29. The van der Waals surface area contributed by atoms with Crippen LogP contribution in [0.3, 0.4) is 0 Å². The van der Waals surface area contributed by atoms with Crippen LogP contribution in [0, 0.1) is 11.3 Å². The maximum absolute atomic E-state index is 9.07. The number of para-hydroxylation sites is 1. The minimum absolute atomic E-state index is 0.0215. The number of hydrogen-bond donors (Lipinski definition) is 1. The van der Waals surface area contributed by atoms with E-state index in [2.05, 4.69) is 40.2 Å². The number of nitriles is 1. The number of aromatic nitrogens is 2. The number of aromatic amines is 1. The predicted molar refractivity (Wildman–Crippen MR) is 104 cm³/mol. The first-order chi connectivity index (χ1) is 13.2. The highest BCUT2D eigenvalue weighted by Gasteiger charge is 2.43. The standard InChI is InChI=1S/C22H22N4O/c23-13-16-6-7-19-20(12-16)25-21(24-19)17-8-10-22(11-9-17)14-26(15-27-22)18-4-2-1-3-5-18/h1-7,12,17H,8-11,14-15H2,(H,24,25). The molecule has 0 bridgehead atoms. The lowest BCUT2D eigenvalue weighted by atomic mass is 9.78. The number of benzene rings is 2. The Morgan fingerprint density at radius 3 is 2.74 bits per heavy atom. The minimum Gasteiger partial charge on any atom is -0.353 e. The van der Waals surface area contributed by atoms with Crippen LogP contribution in [0.2, 0.25) is 0 Å². The van der Waals surface area contributed by atoms with E-state index < -0.39 is 0 Å². The first-order valence-electron chi connectivity index (χ1n) is 9.58. The van der Waals surface area contributed by atoms with Gasteiger partial charge in [-0.05, 0) is 56.0 Å². The second-order valence-electron chi connectivity index (χ2n) is 7.73.